The highest BCUT2D eigenvalue weighted by Crippen LogP contribution is 2.48. The molecule has 3 aromatic carbocycles. The smallest absolute Gasteiger partial charge is 0.269 e. The van der Waals surface area contributed by atoms with Crippen molar-refractivity contribution in [3.8, 4) is 0 Å². The van der Waals surface area contributed by atoms with Crippen LogP contribution in [0.2, 0.25) is 0 Å². The van der Waals surface area contributed by atoms with Gasteiger partial charge >= 0.3 is 0 Å². The van der Waals surface area contributed by atoms with Gasteiger partial charge in [-0.2, -0.15) is 4.58 Å². The summed E-state index contributed by atoms with van der Waals surface area (Å²) >= 11 is 0. The van der Waals surface area contributed by atoms with Crippen LogP contribution in [0.3, 0.4) is 0 Å². The molecule has 0 amide bonds. The first-order valence-corrected chi connectivity index (χ1v) is 11.6. The minimum atomic E-state index is -0.332. The van der Waals surface area contributed by atoms with Crippen LogP contribution in [0.1, 0.15) is 38.8 Å². The van der Waals surface area contributed by atoms with Crippen molar-refractivity contribution in [2.45, 2.75) is 38.5 Å². The Bertz CT molecular complexity index is 1460. The quantitative estimate of drug-likeness (QED) is 0.255. The van der Waals surface area contributed by atoms with E-state index in [4.69, 9.17) is 0 Å². The van der Waals surface area contributed by atoms with Crippen molar-refractivity contribution in [1.82, 2.24) is 0 Å². The number of rotatable bonds is 3. The lowest BCUT2D eigenvalue weighted by Crippen LogP contribution is -2.27. The van der Waals surface area contributed by atoms with Crippen molar-refractivity contribution < 1.29 is 9.50 Å². The minimum absolute atomic E-state index is 0.131. The maximum atomic E-state index is 11.3. The van der Waals surface area contributed by atoms with Crippen molar-refractivity contribution >= 4 is 33.5 Å². The summed E-state index contributed by atoms with van der Waals surface area (Å²) in [5, 5.41) is 13.9. The van der Waals surface area contributed by atoms with Crippen LogP contribution < -0.4 is 4.90 Å². The first kappa shape index (κ1) is 22.1. The number of allylic oxidation sites excluding steroid dienone is 4. The molecule has 5 heteroatoms. The van der Waals surface area contributed by atoms with Crippen LogP contribution in [0, 0.1) is 10.1 Å². The molecule has 2 heterocycles. The average molecular weight is 453 g/mol. The first-order chi connectivity index (χ1) is 16.0. The molecule has 0 N–H and O–H groups in total. The zero-order valence-electron chi connectivity index (χ0n) is 20.6. The monoisotopic (exact) mass is 452 g/mol. The number of nitro benzene ring substituents is 1. The van der Waals surface area contributed by atoms with Crippen LogP contribution in [0.15, 0.2) is 78.5 Å². The molecule has 0 fully saturated rings. The van der Waals surface area contributed by atoms with Crippen LogP contribution in [0.5, 0.6) is 0 Å². The molecule has 0 aliphatic carbocycles. The molecule has 0 radical (unpaired) electrons. The lowest BCUT2D eigenvalue weighted by molar-refractivity contribution is -0.401. The number of non-ortho nitro benzene ring substituents is 1. The van der Waals surface area contributed by atoms with E-state index in [0.29, 0.717) is 0 Å². The van der Waals surface area contributed by atoms with Gasteiger partial charge in [-0.1, -0.05) is 44.2 Å². The Kier molecular flexibility index (Phi) is 4.80. The summed E-state index contributed by atoms with van der Waals surface area (Å²) in [7, 11) is 4.16. The number of likely N-dealkylation sites (N-methyl/N-ethyl adjacent to an activating group) is 1. The molecule has 2 aliphatic heterocycles. The highest BCUT2D eigenvalue weighted by molar-refractivity contribution is 6.07. The SMILES string of the molecule is CN1/C(=C\C=C\C2=[N+](C)c3ccc4ccccc4c3C2(C)C)C(C)(C)c2cc([N+](=O)[O-])ccc21. The molecule has 0 atom stereocenters. The lowest BCUT2D eigenvalue weighted by Gasteiger charge is -2.23. The molecule has 5 rings (SSSR count). The van der Waals surface area contributed by atoms with E-state index in [-0.39, 0.29) is 21.4 Å². The molecular formula is C29H30N3O2+. The van der Waals surface area contributed by atoms with Crippen LogP contribution in [-0.4, -0.2) is 29.3 Å². The molecule has 2 aliphatic rings. The molecule has 3 aromatic rings. The second kappa shape index (κ2) is 7.39. The average Bonchev–Trinajstić information content (AvgIpc) is 3.12. The van der Waals surface area contributed by atoms with Crippen molar-refractivity contribution in [1.29, 1.82) is 0 Å². The van der Waals surface area contributed by atoms with Gasteiger partial charge < -0.3 is 4.90 Å². The second-order valence-corrected chi connectivity index (χ2v) is 10.3. The lowest BCUT2D eigenvalue weighted by atomic mass is 9.79. The number of fused-ring (bicyclic) bond motifs is 4. The topological polar surface area (TPSA) is 49.4 Å². The van der Waals surface area contributed by atoms with Gasteiger partial charge in [-0.15, -0.1) is 0 Å². The predicted octanol–water partition coefficient (Wildman–Crippen LogP) is 6.62. The Hall–Kier alpha value is -3.73. The number of benzene rings is 3. The Labute approximate surface area is 200 Å². The predicted molar refractivity (Wildman–Crippen MR) is 140 cm³/mol. The first-order valence-electron chi connectivity index (χ1n) is 11.6. The molecule has 34 heavy (non-hydrogen) atoms. The number of nitrogens with zero attached hydrogens (tertiary/aromatic N) is 3. The fourth-order valence-electron chi connectivity index (χ4n) is 5.86. The van der Waals surface area contributed by atoms with E-state index in [2.05, 4.69) is 98.8 Å². The van der Waals surface area contributed by atoms with Gasteiger partial charge in [0, 0.05) is 53.7 Å². The third-order valence-corrected chi connectivity index (χ3v) is 7.63. The van der Waals surface area contributed by atoms with E-state index in [1.54, 1.807) is 12.1 Å². The molecule has 5 nitrogen and oxygen atoms in total. The van der Waals surface area contributed by atoms with Crippen molar-refractivity contribution in [2.75, 3.05) is 19.0 Å². The van der Waals surface area contributed by atoms with Gasteiger partial charge in [0.25, 0.3) is 5.69 Å². The standard InChI is InChI=1S/C29H30N3O2/c1-28(2)22-18-20(32(33)34)15-17-23(22)30(5)25(28)12-9-13-26-29(3,4)27-21-11-8-7-10-19(21)14-16-24(27)31(26)6/h7-18H,1-6H3/q+1. The van der Waals surface area contributed by atoms with Gasteiger partial charge in [-0.05, 0) is 48.4 Å². The molecule has 0 bridgehead atoms. The van der Waals surface area contributed by atoms with Crippen LogP contribution >= 0.6 is 0 Å². The minimum Gasteiger partial charge on any atom is -0.347 e. The van der Waals surface area contributed by atoms with Gasteiger partial charge in [0.15, 0.2) is 5.71 Å². The van der Waals surface area contributed by atoms with Crippen molar-refractivity contribution in [3.05, 3.63) is 99.8 Å². The highest BCUT2D eigenvalue weighted by atomic mass is 16.6. The number of anilines is 1. The maximum absolute atomic E-state index is 11.3. The number of hydrogen-bond acceptors (Lipinski definition) is 3. The van der Waals surface area contributed by atoms with Gasteiger partial charge in [-0.3, -0.25) is 10.1 Å². The summed E-state index contributed by atoms with van der Waals surface area (Å²) in [4.78, 5) is 13.1. The fourth-order valence-corrected chi connectivity index (χ4v) is 5.86. The molecule has 0 saturated carbocycles. The Morgan fingerprint density at radius 2 is 1.74 bits per heavy atom. The third kappa shape index (κ3) is 3.03. The van der Waals surface area contributed by atoms with E-state index < -0.39 is 0 Å². The molecule has 172 valence electrons. The number of hydrogen-bond donors (Lipinski definition) is 0. The second-order valence-electron chi connectivity index (χ2n) is 10.3. The molecule has 0 spiro atoms. The van der Waals surface area contributed by atoms with Gasteiger partial charge in [0.1, 0.15) is 7.05 Å². The van der Waals surface area contributed by atoms with E-state index in [0.717, 1.165) is 16.9 Å². The number of nitro groups is 1. The fraction of sp³-hybridized carbons (Fsp3) is 0.276. The van der Waals surface area contributed by atoms with E-state index in [1.807, 2.05) is 13.1 Å². The highest BCUT2D eigenvalue weighted by Gasteiger charge is 2.44. The maximum Gasteiger partial charge on any atom is 0.269 e. The van der Waals surface area contributed by atoms with Crippen molar-refractivity contribution in [2.24, 2.45) is 0 Å². The summed E-state index contributed by atoms with van der Waals surface area (Å²) in [5.41, 5.74) is 6.61. The Balaban J connectivity index is 1.53. The van der Waals surface area contributed by atoms with E-state index >= 15 is 0 Å². The molecule has 0 saturated heterocycles. The Morgan fingerprint density at radius 1 is 1.00 bits per heavy atom. The molecule has 0 aromatic heterocycles. The van der Waals surface area contributed by atoms with Crippen molar-refractivity contribution in [3.63, 3.8) is 0 Å². The van der Waals surface area contributed by atoms with Gasteiger partial charge in [-0.25, -0.2) is 0 Å². The zero-order chi connectivity index (χ0) is 24.4. The van der Waals surface area contributed by atoms with E-state index in [1.165, 1.54) is 27.7 Å². The Morgan fingerprint density at radius 3 is 2.47 bits per heavy atom. The zero-order valence-corrected chi connectivity index (χ0v) is 20.6. The van der Waals surface area contributed by atoms with Crippen LogP contribution in [0.4, 0.5) is 17.1 Å². The summed E-state index contributed by atoms with van der Waals surface area (Å²) in [6.45, 7) is 8.82. The normalized spacial score (nSPS) is 19.4. The molecule has 0 unspecified atom stereocenters. The van der Waals surface area contributed by atoms with E-state index in [9.17, 15) is 10.1 Å². The third-order valence-electron chi connectivity index (χ3n) is 7.63. The van der Waals surface area contributed by atoms with Crippen LogP contribution in [-0.2, 0) is 10.8 Å². The summed E-state index contributed by atoms with van der Waals surface area (Å²) in [6.07, 6.45) is 6.47. The summed E-state index contributed by atoms with van der Waals surface area (Å²) < 4.78 is 2.29. The summed E-state index contributed by atoms with van der Waals surface area (Å²) in [5.74, 6) is 0. The summed E-state index contributed by atoms with van der Waals surface area (Å²) in [6, 6.07) is 18.1. The van der Waals surface area contributed by atoms with Gasteiger partial charge in [0.05, 0.1) is 10.3 Å². The van der Waals surface area contributed by atoms with Gasteiger partial charge in [0.2, 0.25) is 5.69 Å². The van der Waals surface area contributed by atoms with Crippen LogP contribution in [0.25, 0.3) is 10.8 Å². The largest absolute Gasteiger partial charge is 0.347 e. The molecular weight excluding hydrogens is 422 g/mol.